The maximum Gasteiger partial charge on any atom is 0.294 e. The van der Waals surface area contributed by atoms with Crippen LogP contribution in [0.2, 0.25) is 25.7 Å². The van der Waals surface area contributed by atoms with Crippen LogP contribution in [-0.4, -0.2) is 21.0 Å². The highest BCUT2D eigenvalue weighted by atomic mass is 32.2. The van der Waals surface area contributed by atoms with Crippen LogP contribution in [0, 0.1) is 0 Å². The molecule has 1 aromatic carbocycles. The summed E-state index contributed by atoms with van der Waals surface area (Å²) in [5, 5.41) is 0. The topological polar surface area (TPSA) is 54.4 Å². The molecule has 5 heteroatoms. The second-order valence-corrected chi connectivity index (χ2v) is 15.7. The highest BCUT2D eigenvalue weighted by Gasteiger charge is 2.14. The molecule has 0 aliphatic rings. The smallest absolute Gasteiger partial charge is 0.282 e. The first-order chi connectivity index (χ1) is 12.2. The van der Waals surface area contributed by atoms with Crippen molar-refractivity contribution in [2.45, 2.75) is 101 Å². The SMILES string of the molecule is C[Si](C)(C)CCCCCCCCCCCCc1ccccc1S(=O)(=O)O. The van der Waals surface area contributed by atoms with Crippen molar-refractivity contribution >= 4 is 18.2 Å². The van der Waals surface area contributed by atoms with Gasteiger partial charge in [-0.1, -0.05) is 102 Å². The third-order valence-electron chi connectivity index (χ3n) is 4.87. The molecule has 1 N–H and O–H groups in total. The summed E-state index contributed by atoms with van der Waals surface area (Å²) in [5.74, 6) is 0. The van der Waals surface area contributed by atoms with Gasteiger partial charge in [-0.05, 0) is 24.5 Å². The Hall–Kier alpha value is -0.653. The quantitative estimate of drug-likeness (QED) is 0.215. The first kappa shape index (κ1) is 23.4. The molecule has 0 radical (unpaired) electrons. The molecule has 0 bridgehead atoms. The van der Waals surface area contributed by atoms with Gasteiger partial charge in [-0.2, -0.15) is 8.42 Å². The van der Waals surface area contributed by atoms with E-state index < -0.39 is 18.2 Å². The third kappa shape index (κ3) is 11.1. The molecule has 0 atom stereocenters. The number of hydrogen-bond donors (Lipinski definition) is 1. The number of hydrogen-bond acceptors (Lipinski definition) is 2. The molecule has 150 valence electrons. The van der Waals surface area contributed by atoms with Crippen molar-refractivity contribution in [3.63, 3.8) is 0 Å². The normalized spacial score (nSPS) is 12.5. The molecule has 0 aromatic heterocycles. The van der Waals surface area contributed by atoms with Crippen molar-refractivity contribution in [1.82, 2.24) is 0 Å². The van der Waals surface area contributed by atoms with Gasteiger partial charge in [0.15, 0.2) is 0 Å². The molecular weight excluding hydrogens is 360 g/mol. The molecule has 1 rings (SSSR count). The third-order valence-corrected chi connectivity index (χ3v) is 7.68. The van der Waals surface area contributed by atoms with Gasteiger partial charge in [0.25, 0.3) is 10.1 Å². The van der Waals surface area contributed by atoms with Gasteiger partial charge in [-0.15, -0.1) is 0 Å². The van der Waals surface area contributed by atoms with Crippen molar-refractivity contribution in [3.8, 4) is 0 Å². The van der Waals surface area contributed by atoms with E-state index in [2.05, 4.69) is 19.6 Å². The van der Waals surface area contributed by atoms with Gasteiger partial charge < -0.3 is 0 Å². The Kier molecular flexibility index (Phi) is 10.7. The van der Waals surface area contributed by atoms with Crippen LogP contribution in [0.1, 0.15) is 69.8 Å². The molecule has 0 spiro atoms. The molecular formula is C21H38O3SSi. The van der Waals surface area contributed by atoms with Crippen molar-refractivity contribution in [1.29, 1.82) is 0 Å². The average molecular weight is 399 g/mol. The number of unbranched alkanes of at least 4 members (excludes halogenated alkanes) is 9. The van der Waals surface area contributed by atoms with Gasteiger partial charge in [0, 0.05) is 8.07 Å². The second-order valence-electron chi connectivity index (χ2n) is 8.68. The Balaban J connectivity index is 2.02. The number of rotatable bonds is 14. The van der Waals surface area contributed by atoms with E-state index in [4.69, 9.17) is 0 Å². The van der Waals surface area contributed by atoms with Crippen molar-refractivity contribution < 1.29 is 13.0 Å². The van der Waals surface area contributed by atoms with E-state index in [9.17, 15) is 13.0 Å². The molecule has 0 heterocycles. The fraction of sp³-hybridized carbons (Fsp3) is 0.714. The van der Waals surface area contributed by atoms with Gasteiger partial charge in [-0.25, -0.2) is 0 Å². The lowest BCUT2D eigenvalue weighted by Crippen LogP contribution is -2.18. The first-order valence-electron chi connectivity index (χ1n) is 10.3. The largest absolute Gasteiger partial charge is 0.294 e. The molecule has 3 nitrogen and oxygen atoms in total. The zero-order valence-corrected chi connectivity index (χ0v) is 18.8. The fourth-order valence-electron chi connectivity index (χ4n) is 3.35. The predicted molar refractivity (Wildman–Crippen MR) is 114 cm³/mol. The second kappa shape index (κ2) is 11.9. The summed E-state index contributed by atoms with van der Waals surface area (Å²) in [4.78, 5) is 0.0640. The zero-order valence-electron chi connectivity index (χ0n) is 17.0. The monoisotopic (exact) mass is 398 g/mol. The summed E-state index contributed by atoms with van der Waals surface area (Å²) in [6, 6.07) is 8.22. The molecule has 0 aliphatic carbocycles. The van der Waals surface area contributed by atoms with Crippen molar-refractivity contribution in [3.05, 3.63) is 29.8 Å². The molecule has 0 fully saturated rings. The van der Waals surface area contributed by atoms with Crippen LogP contribution in [0.25, 0.3) is 0 Å². The van der Waals surface area contributed by atoms with E-state index in [0.717, 1.165) is 18.4 Å². The van der Waals surface area contributed by atoms with Gasteiger partial charge in [0.1, 0.15) is 0 Å². The van der Waals surface area contributed by atoms with E-state index in [1.807, 2.05) is 6.07 Å². The zero-order chi connectivity index (χ0) is 19.5. The number of benzene rings is 1. The molecule has 26 heavy (non-hydrogen) atoms. The van der Waals surface area contributed by atoms with Crippen LogP contribution in [0.5, 0.6) is 0 Å². The lowest BCUT2D eigenvalue weighted by Gasteiger charge is -2.14. The van der Waals surface area contributed by atoms with Crippen LogP contribution >= 0.6 is 0 Å². The fourth-order valence-corrected chi connectivity index (χ4v) is 5.41. The molecule has 0 unspecified atom stereocenters. The van der Waals surface area contributed by atoms with Crippen LogP contribution < -0.4 is 0 Å². The van der Waals surface area contributed by atoms with Gasteiger partial charge in [0.2, 0.25) is 0 Å². The molecule has 0 saturated heterocycles. The molecule has 0 saturated carbocycles. The summed E-state index contributed by atoms with van der Waals surface area (Å²) in [6.45, 7) is 7.36. The highest BCUT2D eigenvalue weighted by molar-refractivity contribution is 7.85. The Morgan fingerprint density at radius 2 is 1.23 bits per heavy atom. The van der Waals surface area contributed by atoms with Crippen LogP contribution in [0.4, 0.5) is 0 Å². The predicted octanol–water partition coefficient (Wildman–Crippen LogP) is 6.72. The van der Waals surface area contributed by atoms with Crippen LogP contribution in [-0.2, 0) is 16.5 Å². The van der Waals surface area contributed by atoms with E-state index in [0.29, 0.717) is 6.42 Å². The lowest BCUT2D eigenvalue weighted by atomic mass is 10.0. The van der Waals surface area contributed by atoms with Crippen LogP contribution in [0.15, 0.2) is 29.2 Å². The first-order valence-corrected chi connectivity index (χ1v) is 15.4. The lowest BCUT2D eigenvalue weighted by molar-refractivity contribution is 0.481. The summed E-state index contributed by atoms with van der Waals surface area (Å²) >= 11 is 0. The molecule has 1 aromatic rings. The molecule has 0 amide bonds. The summed E-state index contributed by atoms with van der Waals surface area (Å²) in [6.07, 6.45) is 13.5. The highest BCUT2D eigenvalue weighted by Crippen LogP contribution is 2.19. The summed E-state index contributed by atoms with van der Waals surface area (Å²) < 4.78 is 32.0. The van der Waals surface area contributed by atoms with Crippen molar-refractivity contribution in [2.24, 2.45) is 0 Å². The van der Waals surface area contributed by atoms with Crippen molar-refractivity contribution in [2.75, 3.05) is 0 Å². The minimum absolute atomic E-state index is 0.0640. The molecule has 0 aliphatic heterocycles. The van der Waals surface area contributed by atoms with E-state index in [-0.39, 0.29) is 4.90 Å². The van der Waals surface area contributed by atoms with Gasteiger partial charge in [-0.3, -0.25) is 4.55 Å². The number of aryl methyl sites for hydroxylation is 1. The Morgan fingerprint density at radius 3 is 1.73 bits per heavy atom. The van der Waals surface area contributed by atoms with Crippen LogP contribution in [0.3, 0.4) is 0 Å². The standard InChI is InChI=1S/C21H38O3SSi/c1-26(2,3)19-15-11-9-7-5-4-6-8-10-12-16-20-17-13-14-18-21(20)25(22,23)24/h13-14,17-18H,4-12,15-16,19H2,1-3H3,(H,22,23,24). The maximum atomic E-state index is 11.4. The maximum absolute atomic E-state index is 11.4. The minimum Gasteiger partial charge on any atom is -0.282 e. The Bertz CT molecular complexity index is 606. The Labute approximate surface area is 162 Å². The minimum atomic E-state index is -4.10. The van der Waals surface area contributed by atoms with E-state index in [1.165, 1.54) is 63.5 Å². The van der Waals surface area contributed by atoms with Gasteiger partial charge in [0.05, 0.1) is 4.90 Å². The average Bonchev–Trinajstić information content (AvgIpc) is 2.54. The van der Waals surface area contributed by atoms with E-state index in [1.54, 1.807) is 12.1 Å². The summed E-state index contributed by atoms with van der Waals surface area (Å²) in [5.41, 5.74) is 0.730. The Morgan fingerprint density at radius 1 is 0.769 bits per heavy atom. The summed E-state index contributed by atoms with van der Waals surface area (Å²) in [7, 11) is -4.94. The van der Waals surface area contributed by atoms with Gasteiger partial charge >= 0.3 is 0 Å². The van der Waals surface area contributed by atoms with E-state index >= 15 is 0 Å².